The Bertz CT molecular complexity index is 321. The zero-order valence-corrected chi connectivity index (χ0v) is 11.9. The number of hydrogen-bond donors (Lipinski definition) is 1. The summed E-state index contributed by atoms with van der Waals surface area (Å²) in [7, 11) is 0. The molecule has 0 aliphatic carbocycles. The van der Waals surface area contributed by atoms with Gasteiger partial charge in [-0.3, -0.25) is 4.90 Å². The normalized spacial score (nSPS) is 17.2. The van der Waals surface area contributed by atoms with E-state index in [1.807, 2.05) is 12.1 Å². The number of rotatable bonds is 8. The monoisotopic (exact) mass is 266 g/mol. The van der Waals surface area contributed by atoms with E-state index in [1.165, 1.54) is 0 Å². The number of piperidine rings is 1. The van der Waals surface area contributed by atoms with E-state index in [-0.39, 0.29) is 0 Å². The predicted molar refractivity (Wildman–Crippen MR) is 76.1 cm³/mol. The van der Waals surface area contributed by atoms with Crippen molar-refractivity contribution in [3.05, 3.63) is 24.2 Å². The number of hydrogen-bond acceptors (Lipinski definition) is 4. The highest BCUT2D eigenvalue weighted by Crippen LogP contribution is 2.09. The molecule has 0 spiro atoms. The van der Waals surface area contributed by atoms with Crippen LogP contribution in [0.4, 0.5) is 0 Å². The molecular formula is C15H26N2O2. The molecule has 0 aromatic carbocycles. The Labute approximate surface area is 116 Å². The smallest absolute Gasteiger partial charge is 0.117 e. The van der Waals surface area contributed by atoms with Crippen LogP contribution in [0.15, 0.2) is 22.8 Å². The highest BCUT2D eigenvalue weighted by Gasteiger charge is 2.13. The summed E-state index contributed by atoms with van der Waals surface area (Å²) >= 11 is 0. The van der Waals surface area contributed by atoms with Gasteiger partial charge in [0.1, 0.15) is 5.76 Å². The number of ether oxygens (including phenoxy) is 1. The highest BCUT2D eigenvalue weighted by atomic mass is 16.5. The summed E-state index contributed by atoms with van der Waals surface area (Å²) in [4.78, 5) is 2.39. The minimum absolute atomic E-state index is 0.474. The Morgan fingerprint density at radius 1 is 1.42 bits per heavy atom. The van der Waals surface area contributed by atoms with Gasteiger partial charge in [-0.15, -0.1) is 0 Å². The van der Waals surface area contributed by atoms with Crippen LogP contribution < -0.4 is 5.32 Å². The SMILES string of the molecule is CCN(CCCOC1CCNCC1)Cc1ccco1. The summed E-state index contributed by atoms with van der Waals surface area (Å²) in [5.74, 6) is 1.04. The van der Waals surface area contributed by atoms with Crippen LogP contribution in [0.3, 0.4) is 0 Å². The van der Waals surface area contributed by atoms with Gasteiger partial charge in [0.25, 0.3) is 0 Å². The van der Waals surface area contributed by atoms with Crippen LogP contribution in [0.5, 0.6) is 0 Å². The molecule has 1 N–H and O–H groups in total. The summed E-state index contributed by atoms with van der Waals surface area (Å²) in [5, 5.41) is 3.36. The van der Waals surface area contributed by atoms with Gasteiger partial charge in [0, 0.05) is 13.2 Å². The lowest BCUT2D eigenvalue weighted by molar-refractivity contribution is 0.0274. The van der Waals surface area contributed by atoms with Gasteiger partial charge in [0.05, 0.1) is 18.9 Å². The maximum absolute atomic E-state index is 5.92. The summed E-state index contributed by atoms with van der Waals surface area (Å²) in [5.41, 5.74) is 0. The fraction of sp³-hybridized carbons (Fsp3) is 0.733. The molecule has 1 aliphatic rings. The van der Waals surface area contributed by atoms with Gasteiger partial charge in [-0.2, -0.15) is 0 Å². The number of furan rings is 1. The van der Waals surface area contributed by atoms with Crippen molar-refractivity contribution in [1.82, 2.24) is 10.2 Å². The molecule has 2 rings (SSSR count). The van der Waals surface area contributed by atoms with E-state index >= 15 is 0 Å². The van der Waals surface area contributed by atoms with E-state index in [1.54, 1.807) is 6.26 Å². The first-order valence-corrected chi connectivity index (χ1v) is 7.45. The molecule has 1 aliphatic heterocycles. The zero-order chi connectivity index (χ0) is 13.3. The van der Waals surface area contributed by atoms with Crippen molar-refractivity contribution in [2.45, 2.75) is 38.8 Å². The van der Waals surface area contributed by atoms with Crippen LogP contribution in [0.2, 0.25) is 0 Å². The molecule has 4 nitrogen and oxygen atoms in total. The molecule has 0 saturated carbocycles. The molecule has 19 heavy (non-hydrogen) atoms. The van der Waals surface area contributed by atoms with Crippen molar-refractivity contribution in [2.75, 3.05) is 32.8 Å². The summed E-state index contributed by atoms with van der Waals surface area (Å²) in [6, 6.07) is 3.98. The van der Waals surface area contributed by atoms with Crippen LogP contribution in [0.1, 0.15) is 31.9 Å². The summed E-state index contributed by atoms with van der Waals surface area (Å²) in [6.07, 6.45) is 5.62. The van der Waals surface area contributed by atoms with E-state index in [0.29, 0.717) is 6.10 Å². The van der Waals surface area contributed by atoms with Crippen molar-refractivity contribution in [2.24, 2.45) is 0 Å². The van der Waals surface area contributed by atoms with E-state index in [9.17, 15) is 0 Å². The number of nitrogens with one attached hydrogen (secondary N) is 1. The van der Waals surface area contributed by atoms with E-state index in [0.717, 1.165) is 64.4 Å². The van der Waals surface area contributed by atoms with Crippen molar-refractivity contribution in [1.29, 1.82) is 0 Å². The highest BCUT2D eigenvalue weighted by molar-refractivity contribution is 4.97. The van der Waals surface area contributed by atoms with Gasteiger partial charge in [0.15, 0.2) is 0 Å². The van der Waals surface area contributed by atoms with Crippen molar-refractivity contribution in [3.8, 4) is 0 Å². The Morgan fingerprint density at radius 3 is 2.95 bits per heavy atom. The first-order valence-electron chi connectivity index (χ1n) is 7.45. The third-order valence-electron chi connectivity index (χ3n) is 3.67. The van der Waals surface area contributed by atoms with Crippen LogP contribution in [-0.4, -0.2) is 43.8 Å². The Morgan fingerprint density at radius 2 is 2.26 bits per heavy atom. The first kappa shape index (κ1) is 14.6. The summed E-state index contributed by atoms with van der Waals surface area (Å²) < 4.78 is 11.3. The van der Waals surface area contributed by atoms with Gasteiger partial charge >= 0.3 is 0 Å². The van der Waals surface area contributed by atoms with Gasteiger partial charge in [-0.25, -0.2) is 0 Å². The standard InChI is InChI=1S/C15H26N2O2/c1-2-17(13-15-5-3-11-19-15)10-4-12-18-14-6-8-16-9-7-14/h3,5,11,14,16H,2,4,6-10,12-13H2,1H3. The largest absolute Gasteiger partial charge is 0.468 e. The quantitative estimate of drug-likeness (QED) is 0.732. The minimum Gasteiger partial charge on any atom is -0.468 e. The van der Waals surface area contributed by atoms with Crippen LogP contribution >= 0.6 is 0 Å². The van der Waals surface area contributed by atoms with Crippen LogP contribution in [0.25, 0.3) is 0 Å². The second-order valence-corrected chi connectivity index (χ2v) is 5.12. The minimum atomic E-state index is 0.474. The van der Waals surface area contributed by atoms with Crippen molar-refractivity contribution in [3.63, 3.8) is 0 Å². The average molecular weight is 266 g/mol. The molecule has 0 atom stereocenters. The zero-order valence-electron chi connectivity index (χ0n) is 11.9. The second kappa shape index (κ2) is 8.35. The van der Waals surface area contributed by atoms with Gasteiger partial charge < -0.3 is 14.5 Å². The number of nitrogens with zero attached hydrogens (tertiary/aromatic N) is 1. The molecule has 1 fully saturated rings. The third kappa shape index (κ3) is 5.35. The molecule has 0 radical (unpaired) electrons. The molecule has 0 unspecified atom stereocenters. The maximum atomic E-state index is 5.92. The van der Waals surface area contributed by atoms with Gasteiger partial charge in [-0.1, -0.05) is 6.92 Å². The van der Waals surface area contributed by atoms with Crippen LogP contribution in [0, 0.1) is 0 Å². The maximum Gasteiger partial charge on any atom is 0.117 e. The molecule has 1 saturated heterocycles. The lowest BCUT2D eigenvalue weighted by Gasteiger charge is -2.24. The molecular weight excluding hydrogens is 240 g/mol. The molecule has 0 amide bonds. The van der Waals surface area contributed by atoms with Crippen molar-refractivity contribution < 1.29 is 9.15 Å². The van der Waals surface area contributed by atoms with Crippen LogP contribution in [-0.2, 0) is 11.3 Å². The van der Waals surface area contributed by atoms with Gasteiger partial charge in [0.2, 0.25) is 0 Å². The Hall–Kier alpha value is -0.840. The topological polar surface area (TPSA) is 37.6 Å². The lowest BCUT2D eigenvalue weighted by atomic mass is 10.1. The molecule has 4 heteroatoms. The fourth-order valence-electron chi connectivity index (χ4n) is 2.47. The third-order valence-corrected chi connectivity index (χ3v) is 3.67. The van der Waals surface area contributed by atoms with E-state index < -0.39 is 0 Å². The first-order chi connectivity index (χ1) is 9.38. The lowest BCUT2D eigenvalue weighted by Crippen LogP contribution is -2.33. The molecule has 108 valence electrons. The molecule has 0 bridgehead atoms. The average Bonchev–Trinajstić information content (AvgIpc) is 2.96. The molecule has 1 aromatic rings. The summed E-state index contributed by atoms with van der Waals surface area (Å²) in [6.45, 7) is 8.29. The molecule has 1 aromatic heterocycles. The Balaban J connectivity index is 1.57. The van der Waals surface area contributed by atoms with Crippen molar-refractivity contribution >= 4 is 0 Å². The van der Waals surface area contributed by atoms with Gasteiger partial charge in [-0.05, 0) is 51.0 Å². The second-order valence-electron chi connectivity index (χ2n) is 5.12. The van der Waals surface area contributed by atoms with E-state index in [2.05, 4.69) is 17.1 Å². The fourth-order valence-corrected chi connectivity index (χ4v) is 2.47. The molecule has 2 heterocycles. The van der Waals surface area contributed by atoms with E-state index in [4.69, 9.17) is 9.15 Å². The Kier molecular flexibility index (Phi) is 6.41. The predicted octanol–water partition coefficient (Wildman–Crippen LogP) is 2.26.